The summed E-state index contributed by atoms with van der Waals surface area (Å²) < 4.78 is 17.3. The minimum atomic E-state index is -0.852. The van der Waals surface area contributed by atoms with Crippen LogP contribution in [0.25, 0.3) is 10.2 Å². The minimum Gasteiger partial charge on any atom is -0.493 e. The normalized spacial score (nSPS) is 11.4. The summed E-state index contributed by atoms with van der Waals surface area (Å²) >= 11 is 1.19. The summed E-state index contributed by atoms with van der Waals surface area (Å²) in [6, 6.07) is 7.90. The van der Waals surface area contributed by atoms with E-state index in [1.165, 1.54) is 43.3 Å². The lowest BCUT2D eigenvalue weighted by Crippen LogP contribution is -2.22. The van der Waals surface area contributed by atoms with E-state index in [1.807, 2.05) is 25.1 Å². The van der Waals surface area contributed by atoms with Gasteiger partial charge in [-0.1, -0.05) is 17.4 Å². The van der Waals surface area contributed by atoms with Crippen molar-refractivity contribution in [2.75, 3.05) is 21.3 Å². The van der Waals surface area contributed by atoms with Crippen molar-refractivity contribution in [2.45, 2.75) is 13.5 Å². The molecule has 0 N–H and O–H groups in total. The van der Waals surface area contributed by atoms with Crippen LogP contribution in [0.15, 0.2) is 35.3 Å². The topological polar surface area (TPSA) is 122 Å². The molecule has 0 unspecified atom stereocenters. The molecule has 0 aliphatic carbocycles. The van der Waals surface area contributed by atoms with Crippen LogP contribution in [0.1, 0.15) is 15.9 Å². The van der Waals surface area contributed by atoms with Crippen LogP contribution >= 0.6 is 11.3 Å². The number of aryl methyl sites for hydroxylation is 1. The summed E-state index contributed by atoms with van der Waals surface area (Å²) in [5.74, 6) is -1.11. The van der Waals surface area contributed by atoms with E-state index >= 15 is 0 Å². The van der Waals surface area contributed by atoms with E-state index in [4.69, 9.17) is 14.2 Å². The third-order valence-electron chi connectivity index (χ3n) is 4.48. The van der Waals surface area contributed by atoms with Gasteiger partial charge in [-0.2, -0.15) is 4.99 Å². The molecular formula is C20H19N3O7S. The molecule has 0 aliphatic heterocycles. The smallest absolute Gasteiger partial charge is 0.325 e. The third-order valence-corrected chi connectivity index (χ3v) is 5.52. The molecule has 1 amide bonds. The van der Waals surface area contributed by atoms with Crippen molar-refractivity contribution in [2.24, 2.45) is 4.99 Å². The number of methoxy groups -OCH3 is 3. The number of benzene rings is 2. The second kappa shape index (κ2) is 8.96. The van der Waals surface area contributed by atoms with Crippen molar-refractivity contribution in [1.82, 2.24) is 4.57 Å². The first-order valence-corrected chi connectivity index (χ1v) is 9.77. The molecule has 10 nitrogen and oxygen atoms in total. The van der Waals surface area contributed by atoms with Gasteiger partial charge in [0.2, 0.25) is 0 Å². The van der Waals surface area contributed by atoms with E-state index in [1.54, 1.807) is 0 Å². The molecule has 0 fully saturated rings. The number of aromatic nitrogens is 1. The highest BCUT2D eigenvalue weighted by Crippen LogP contribution is 2.34. The van der Waals surface area contributed by atoms with Crippen molar-refractivity contribution in [3.05, 3.63) is 56.4 Å². The zero-order chi connectivity index (χ0) is 22.7. The van der Waals surface area contributed by atoms with Gasteiger partial charge in [-0.25, -0.2) is 0 Å². The Morgan fingerprint density at radius 1 is 1.13 bits per heavy atom. The van der Waals surface area contributed by atoms with E-state index < -0.39 is 22.5 Å². The lowest BCUT2D eigenvalue weighted by molar-refractivity contribution is -0.385. The second-order valence-electron chi connectivity index (χ2n) is 6.42. The Kier molecular flexibility index (Phi) is 6.35. The molecule has 0 atom stereocenters. The van der Waals surface area contributed by atoms with Crippen LogP contribution in [0, 0.1) is 17.0 Å². The number of carbonyl (C=O) groups excluding carboxylic acids is 2. The standard InChI is InChI=1S/C20H19N3O7S/c1-11-5-6-13-17(7-11)31-20(22(13)10-18(24)30-4)21-19(25)12-8-15(28-2)16(29-3)9-14(12)23(26)27/h5-9H,10H2,1-4H3. The number of carbonyl (C=O) groups is 2. The second-order valence-corrected chi connectivity index (χ2v) is 7.43. The predicted octanol–water partition coefficient (Wildman–Crippen LogP) is 2.85. The van der Waals surface area contributed by atoms with Gasteiger partial charge in [-0.05, 0) is 24.6 Å². The van der Waals surface area contributed by atoms with Crippen LogP contribution in [0.2, 0.25) is 0 Å². The maximum Gasteiger partial charge on any atom is 0.325 e. The number of ether oxygens (including phenoxy) is 3. The van der Waals surface area contributed by atoms with Crippen molar-refractivity contribution >= 4 is 39.1 Å². The van der Waals surface area contributed by atoms with Crippen LogP contribution in [0.3, 0.4) is 0 Å². The molecule has 0 spiro atoms. The molecule has 3 rings (SSSR count). The van der Waals surface area contributed by atoms with E-state index in [0.29, 0.717) is 5.52 Å². The molecule has 0 aliphatic rings. The van der Waals surface area contributed by atoms with Gasteiger partial charge in [-0.15, -0.1) is 0 Å². The number of amides is 1. The van der Waals surface area contributed by atoms with Gasteiger partial charge >= 0.3 is 5.97 Å². The summed E-state index contributed by atoms with van der Waals surface area (Å²) in [7, 11) is 3.95. The number of nitro groups is 1. The number of nitrogens with zero attached hydrogens (tertiary/aromatic N) is 3. The summed E-state index contributed by atoms with van der Waals surface area (Å²) in [6.45, 7) is 1.75. The lowest BCUT2D eigenvalue weighted by Gasteiger charge is -2.09. The van der Waals surface area contributed by atoms with Crippen LogP contribution in [-0.4, -0.2) is 42.7 Å². The average Bonchev–Trinajstić information content (AvgIpc) is 3.07. The first kappa shape index (κ1) is 22.0. The summed E-state index contributed by atoms with van der Waals surface area (Å²) in [6.07, 6.45) is 0. The van der Waals surface area contributed by atoms with Crippen molar-refractivity contribution in [3.63, 3.8) is 0 Å². The molecule has 3 aromatic rings. The molecule has 2 aromatic carbocycles. The fourth-order valence-electron chi connectivity index (χ4n) is 2.95. The molecule has 1 heterocycles. The third kappa shape index (κ3) is 4.40. The van der Waals surface area contributed by atoms with Gasteiger partial charge in [0.05, 0.1) is 42.5 Å². The SMILES string of the molecule is COC(=O)Cn1c(=NC(=O)c2cc(OC)c(OC)cc2[N+](=O)[O-])sc2cc(C)ccc21. The van der Waals surface area contributed by atoms with Crippen LogP contribution in [0.4, 0.5) is 5.69 Å². The van der Waals surface area contributed by atoms with E-state index in [0.717, 1.165) is 16.3 Å². The highest BCUT2D eigenvalue weighted by atomic mass is 32.1. The average molecular weight is 445 g/mol. The van der Waals surface area contributed by atoms with Gasteiger partial charge in [-0.3, -0.25) is 19.7 Å². The molecule has 0 radical (unpaired) electrons. The molecule has 31 heavy (non-hydrogen) atoms. The highest BCUT2D eigenvalue weighted by Gasteiger charge is 2.25. The van der Waals surface area contributed by atoms with Crippen molar-refractivity contribution in [3.8, 4) is 11.5 Å². The molecule has 1 aromatic heterocycles. The van der Waals surface area contributed by atoms with Gasteiger partial charge in [0.25, 0.3) is 11.6 Å². The van der Waals surface area contributed by atoms with E-state index in [9.17, 15) is 19.7 Å². The first-order chi connectivity index (χ1) is 14.8. The minimum absolute atomic E-state index is 0.115. The van der Waals surface area contributed by atoms with E-state index in [-0.39, 0.29) is 28.4 Å². The molecule has 11 heteroatoms. The molecule has 162 valence electrons. The Balaban J connectivity index is 2.22. The molecular weight excluding hydrogens is 426 g/mol. The Morgan fingerprint density at radius 2 is 1.81 bits per heavy atom. The number of fused-ring (bicyclic) bond motifs is 1. The number of hydrogen-bond donors (Lipinski definition) is 0. The van der Waals surface area contributed by atoms with Crippen LogP contribution < -0.4 is 14.3 Å². The molecule has 0 bridgehead atoms. The zero-order valence-electron chi connectivity index (χ0n) is 17.2. The monoisotopic (exact) mass is 445 g/mol. The largest absolute Gasteiger partial charge is 0.493 e. The number of hydrogen-bond acceptors (Lipinski definition) is 8. The van der Waals surface area contributed by atoms with Gasteiger partial charge < -0.3 is 18.8 Å². The Bertz CT molecular complexity index is 1260. The summed E-state index contributed by atoms with van der Waals surface area (Å²) in [5.41, 5.74) is 0.950. The van der Waals surface area contributed by atoms with Gasteiger partial charge in [0, 0.05) is 6.07 Å². The van der Waals surface area contributed by atoms with E-state index in [2.05, 4.69) is 4.99 Å². The Labute approximate surface area is 180 Å². The lowest BCUT2D eigenvalue weighted by atomic mass is 10.1. The molecule has 0 saturated carbocycles. The fourth-order valence-corrected chi connectivity index (χ4v) is 4.08. The maximum atomic E-state index is 13.0. The fraction of sp³-hybridized carbons (Fsp3) is 0.250. The predicted molar refractivity (Wildman–Crippen MR) is 113 cm³/mol. The van der Waals surface area contributed by atoms with Crippen molar-refractivity contribution < 1.29 is 28.7 Å². The number of esters is 1. The van der Waals surface area contributed by atoms with Crippen LogP contribution in [0.5, 0.6) is 11.5 Å². The number of nitro benzene ring substituents is 1. The summed E-state index contributed by atoms with van der Waals surface area (Å²) in [4.78, 5) is 40.0. The Morgan fingerprint density at radius 3 is 2.42 bits per heavy atom. The zero-order valence-corrected chi connectivity index (χ0v) is 18.0. The maximum absolute atomic E-state index is 13.0. The number of thiazole rings is 1. The first-order valence-electron chi connectivity index (χ1n) is 8.95. The van der Waals surface area contributed by atoms with Gasteiger partial charge in [0.1, 0.15) is 12.1 Å². The number of rotatable bonds is 6. The van der Waals surface area contributed by atoms with Crippen LogP contribution in [-0.2, 0) is 16.1 Å². The highest BCUT2D eigenvalue weighted by molar-refractivity contribution is 7.16. The molecule has 0 saturated heterocycles. The van der Waals surface area contributed by atoms with Crippen molar-refractivity contribution in [1.29, 1.82) is 0 Å². The Hall–Kier alpha value is -3.73. The quantitative estimate of drug-likeness (QED) is 0.325. The summed E-state index contributed by atoms with van der Waals surface area (Å²) in [5, 5.41) is 11.5. The van der Waals surface area contributed by atoms with Gasteiger partial charge in [0.15, 0.2) is 16.3 Å².